The van der Waals surface area contributed by atoms with Crippen molar-refractivity contribution < 1.29 is 0 Å². The molecule has 0 unspecified atom stereocenters. The zero-order valence-corrected chi connectivity index (χ0v) is 15.4. The van der Waals surface area contributed by atoms with Crippen LogP contribution in [0, 0.1) is 0 Å². The summed E-state index contributed by atoms with van der Waals surface area (Å²) in [5.41, 5.74) is 14.6. The van der Waals surface area contributed by atoms with Gasteiger partial charge in [-0.1, -0.05) is 34.8 Å². The first-order chi connectivity index (χ1) is 11.9. The Morgan fingerprint density at radius 1 is 0.960 bits per heavy atom. The normalized spacial score (nSPS) is 11.8. The van der Waals surface area contributed by atoms with Gasteiger partial charge < -0.3 is 16.5 Å². The molecule has 1 heterocycles. The van der Waals surface area contributed by atoms with Gasteiger partial charge in [-0.15, -0.1) is 5.10 Å². The van der Waals surface area contributed by atoms with Crippen LogP contribution >= 0.6 is 34.8 Å². The molecule has 5 nitrogen and oxygen atoms in total. The standard InChI is InChI=1S/C17H14Cl3N5/c1-8(24-25-17(21)22)15-12-6-9(18)3-5-14(12)23-16(15)11-4-2-10(19)7-13(11)20/h2-7,23H,1H3,(H4,21,22,25). The predicted octanol–water partition coefficient (Wildman–Crippen LogP) is 4.79. The molecule has 0 amide bonds. The number of rotatable bonds is 3. The molecule has 0 bridgehead atoms. The van der Waals surface area contributed by atoms with Crippen molar-refractivity contribution in [1.29, 1.82) is 0 Å². The fraction of sp³-hybridized carbons (Fsp3) is 0.0588. The van der Waals surface area contributed by atoms with Gasteiger partial charge in [0.2, 0.25) is 5.96 Å². The molecule has 128 valence electrons. The molecule has 0 spiro atoms. The third kappa shape index (κ3) is 3.58. The number of fused-ring (bicyclic) bond motifs is 1. The second kappa shape index (κ2) is 6.96. The molecular weight excluding hydrogens is 381 g/mol. The summed E-state index contributed by atoms with van der Waals surface area (Å²) < 4.78 is 0. The highest BCUT2D eigenvalue weighted by molar-refractivity contribution is 6.37. The van der Waals surface area contributed by atoms with E-state index in [2.05, 4.69) is 15.2 Å². The first kappa shape index (κ1) is 17.6. The molecule has 1 aromatic heterocycles. The number of hydrogen-bond donors (Lipinski definition) is 3. The van der Waals surface area contributed by atoms with Crippen molar-refractivity contribution in [2.24, 2.45) is 21.7 Å². The minimum Gasteiger partial charge on any atom is -0.369 e. The van der Waals surface area contributed by atoms with Gasteiger partial charge in [-0.3, -0.25) is 0 Å². The number of benzene rings is 2. The van der Waals surface area contributed by atoms with Gasteiger partial charge >= 0.3 is 0 Å². The van der Waals surface area contributed by atoms with Crippen LogP contribution in [0.2, 0.25) is 15.1 Å². The maximum Gasteiger partial charge on any atom is 0.211 e. The maximum absolute atomic E-state index is 6.39. The van der Waals surface area contributed by atoms with E-state index in [-0.39, 0.29) is 5.96 Å². The molecule has 0 saturated heterocycles. The zero-order chi connectivity index (χ0) is 18.1. The summed E-state index contributed by atoms with van der Waals surface area (Å²) in [6.45, 7) is 1.81. The van der Waals surface area contributed by atoms with E-state index in [0.29, 0.717) is 20.8 Å². The number of guanidine groups is 1. The molecule has 0 aliphatic rings. The zero-order valence-electron chi connectivity index (χ0n) is 13.1. The van der Waals surface area contributed by atoms with Crippen molar-refractivity contribution in [3.05, 3.63) is 57.0 Å². The molecule has 0 radical (unpaired) electrons. The lowest BCUT2D eigenvalue weighted by atomic mass is 10.0. The number of aromatic amines is 1. The van der Waals surface area contributed by atoms with Gasteiger partial charge in [0.25, 0.3) is 0 Å². The third-order valence-corrected chi connectivity index (χ3v) is 4.42. The van der Waals surface area contributed by atoms with E-state index in [4.69, 9.17) is 46.3 Å². The number of nitrogens with one attached hydrogen (secondary N) is 1. The quantitative estimate of drug-likeness (QED) is 0.338. The number of nitrogens with zero attached hydrogens (tertiary/aromatic N) is 2. The minimum absolute atomic E-state index is 0.122. The summed E-state index contributed by atoms with van der Waals surface area (Å²) in [6, 6.07) is 10.8. The molecule has 0 atom stereocenters. The molecule has 8 heteroatoms. The van der Waals surface area contributed by atoms with Crippen LogP contribution in [0.4, 0.5) is 0 Å². The average molecular weight is 395 g/mol. The molecule has 0 saturated carbocycles. The Kier molecular flexibility index (Phi) is 4.90. The molecule has 5 N–H and O–H groups in total. The van der Waals surface area contributed by atoms with E-state index in [0.717, 1.165) is 27.7 Å². The maximum atomic E-state index is 6.39. The lowest BCUT2D eigenvalue weighted by Crippen LogP contribution is -2.22. The van der Waals surface area contributed by atoms with Crippen LogP contribution in [0.25, 0.3) is 22.2 Å². The van der Waals surface area contributed by atoms with E-state index in [9.17, 15) is 0 Å². The van der Waals surface area contributed by atoms with Crippen LogP contribution in [0.15, 0.2) is 46.6 Å². The van der Waals surface area contributed by atoms with Crippen molar-refractivity contribution in [2.75, 3.05) is 0 Å². The second-order valence-electron chi connectivity index (χ2n) is 5.40. The topological polar surface area (TPSA) is 92.5 Å². The average Bonchev–Trinajstić information content (AvgIpc) is 2.90. The highest BCUT2D eigenvalue weighted by Gasteiger charge is 2.18. The summed E-state index contributed by atoms with van der Waals surface area (Å²) in [5.74, 6) is -0.122. The van der Waals surface area contributed by atoms with Gasteiger partial charge in [0.15, 0.2) is 0 Å². The first-order valence-corrected chi connectivity index (χ1v) is 8.40. The summed E-state index contributed by atoms with van der Waals surface area (Å²) in [6.07, 6.45) is 0. The summed E-state index contributed by atoms with van der Waals surface area (Å²) in [4.78, 5) is 3.36. The fourth-order valence-corrected chi connectivity index (χ4v) is 3.29. The molecule has 3 aromatic rings. The number of hydrogen-bond acceptors (Lipinski definition) is 2. The monoisotopic (exact) mass is 393 g/mol. The van der Waals surface area contributed by atoms with Crippen molar-refractivity contribution in [1.82, 2.24) is 4.98 Å². The van der Waals surface area contributed by atoms with Crippen molar-refractivity contribution in [2.45, 2.75) is 6.92 Å². The van der Waals surface area contributed by atoms with Gasteiger partial charge in [-0.2, -0.15) is 5.10 Å². The highest BCUT2D eigenvalue weighted by Crippen LogP contribution is 2.37. The van der Waals surface area contributed by atoms with Gasteiger partial charge in [0.1, 0.15) is 0 Å². The van der Waals surface area contributed by atoms with Crippen molar-refractivity contribution in [3.8, 4) is 11.3 Å². The van der Waals surface area contributed by atoms with Crippen LogP contribution in [0.1, 0.15) is 12.5 Å². The van der Waals surface area contributed by atoms with Crippen LogP contribution in [0.5, 0.6) is 0 Å². The van der Waals surface area contributed by atoms with Crippen molar-refractivity contribution in [3.63, 3.8) is 0 Å². The number of H-pyrrole nitrogens is 1. The Morgan fingerprint density at radius 2 is 1.64 bits per heavy atom. The van der Waals surface area contributed by atoms with Crippen LogP contribution < -0.4 is 11.5 Å². The van der Waals surface area contributed by atoms with Gasteiger partial charge in [0, 0.05) is 32.1 Å². The Bertz CT molecular complexity index is 1020. The Morgan fingerprint density at radius 3 is 2.32 bits per heavy atom. The van der Waals surface area contributed by atoms with Crippen LogP contribution in [0.3, 0.4) is 0 Å². The predicted molar refractivity (Wildman–Crippen MR) is 107 cm³/mol. The fourth-order valence-electron chi connectivity index (χ4n) is 2.62. The van der Waals surface area contributed by atoms with E-state index >= 15 is 0 Å². The Balaban J connectivity index is 2.33. The van der Waals surface area contributed by atoms with Gasteiger partial charge in [-0.25, -0.2) is 0 Å². The molecular formula is C17H14Cl3N5. The highest BCUT2D eigenvalue weighted by atomic mass is 35.5. The molecule has 3 rings (SSSR count). The van der Waals surface area contributed by atoms with E-state index in [1.165, 1.54) is 0 Å². The Labute approximate surface area is 159 Å². The molecule has 0 aliphatic heterocycles. The molecule has 0 aliphatic carbocycles. The smallest absolute Gasteiger partial charge is 0.211 e. The van der Waals surface area contributed by atoms with E-state index in [1.54, 1.807) is 18.2 Å². The SMILES string of the molecule is CC(=NN=C(N)N)c1c(-c2ccc(Cl)cc2Cl)[nH]c2ccc(Cl)cc12. The van der Waals surface area contributed by atoms with Crippen LogP contribution in [-0.4, -0.2) is 16.7 Å². The van der Waals surface area contributed by atoms with E-state index in [1.807, 2.05) is 25.1 Å². The van der Waals surface area contributed by atoms with E-state index < -0.39 is 0 Å². The van der Waals surface area contributed by atoms with Crippen molar-refractivity contribution >= 4 is 57.4 Å². The lowest BCUT2D eigenvalue weighted by Gasteiger charge is -2.07. The number of nitrogens with two attached hydrogens (primary N) is 2. The summed E-state index contributed by atoms with van der Waals surface area (Å²) in [5, 5.41) is 10.4. The minimum atomic E-state index is -0.122. The third-order valence-electron chi connectivity index (χ3n) is 3.64. The van der Waals surface area contributed by atoms with Gasteiger partial charge in [-0.05, 0) is 43.3 Å². The van der Waals surface area contributed by atoms with Gasteiger partial charge in [0.05, 0.1) is 16.4 Å². The second-order valence-corrected chi connectivity index (χ2v) is 6.68. The summed E-state index contributed by atoms with van der Waals surface area (Å²) >= 11 is 18.6. The first-order valence-electron chi connectivity index (χ1n) is 7.27. The summed E-state index contributed by atoms with van der Waals surface area (Å²) in [7, 11) is 0. The van der Waals surface area contributed by atoms with Crippen LogP contribution in [-0.2, 0) is 0 Å². The number of halogens is 3. The Hall–Kier alpha value is -2.21. The molecule has 2 aromatic carbocycles. The molecule has 0 fully saturated rings. The number of aromatic nitrogens is 1. The molecule has 25 heavy (non-hydrogen) atoms. The largest absolute Gasteiger partial charge is 0.369 e. The lowest BCUT2D eigenvalue weighted by molar-refractivity contribution is 1.20.